The Labute approximate surface area is 123 Å². The largest absolute Gasteiger partial charge is 0.352 e. The molecule has 1 aromatic carbocycles. The highest BCUT2D eigenvalue weighted by molar-refractivity contribution is 6.03. The molecule has 2 unspecified atom stereocenters. The number of hydrogen-bond donors (Lipinski definition) is 1. The highest BCUT2D eigenvalue weighted by atomic mass is 16.5. The van der Waals surface area contributed by atoms with Gasteiger partial charge in [-0.15, -0.1) is 0 Å². The lowest BCUT2D eigenvalue weighted by Gasteiger charge is -2.35. The van der Waals surface area contributed by atoms with Gasteiger partial charge in [0.05, 0.1) is 6.04 Å². The molecule has 0 aliphatic heterocycles. The van der Waals surface area contributed by atoms with Gasteiger partial charge in [0.1, 0.15) is 6.61 Å². The van der Waals surface area contributed by atoms with Crippen LogP contribution in [-0.2, 0) is 14.3 Å². The van der Waals surface area contributed by atoms with Crippen LogP contribution in [0.1, 0.15) is 18.5 Å². The number of carbonyl (C=O) groups is 2. The number of ketones is 1. The number of amides is 1. The lowest BCUT2D eigenvalue weighted by molar-refractivity contribution is -0.143. The van der Waals surface area contributed by atoms with E-state index in [9.17, 15) is 9.59 Å². The maximum atomic E-state index is 12.0. The average molecular weight is 283 g/mol. The Kier molecular flexibility index (Phi) is 3.47. The third-order valence-corrected chi connectivity index (χ3v) is 4.01. The van der Waals surface area contributed by atoms with Crippen LogP contribution in [0.4, 0.5) is 0 Å². The molecule has 0 radical (unpaired) electrons. The zero-order chi connectivity index (χ0) is 14.9. The summed E-state index contributed by atoms with van der Waals surface area (Å²) in [5, 5.41) is 2.87. The molecule has 0 spiro atoms. The van der Waals surface area contributed by atoms with Gasteiger partial charge in [0.25, 0.3) is 0 Å². The first kappa shape index (κ1) is 13.8. The quantitative estimate of drug-likeness (QED) is 0.840. The van der Waals surface area contributed by atoms with Gasteiger partial charge in [0.2, 0.25) is 5.91 Å². The first-order valence-corrected chi connectivity index (χ1v) is 7.02. The summed E-state index contributed by atoms with van der Waals surface area (Å²) in [6, 6.07) is 9.62. The molecule has 0 bridgehead atoms. The molecular weight excluding hydrogens is 266 g/mol. The zero-order valence-electron chi connectivity index (χ0n) is 11.8. The average Bonchev–Trinajstić information content (AvgIpc) is 2.68. The van der Waals surface area contributed by atoms with Gasteiger partial charge >= 0.3 is 0 Å². The van der Waals surface area contributed by atoms with Gasteiger partial charge in [0.15, 0.2) is 11.4 Å². The molecule has 3 rings (SSSR count). The lowest BCUT2D eigenvalue weighted by atomic mass is 9.79. The predicted molar refractivity (Wildman–Crippen MR) is 78.5 cm³/mol. The summed E-state index contributed by atoms with van der Waals surface area (Å²) in [6.07, 6.45) is 6.97. The van der Waals surface area contributed by atoms with Crippen molar-refractivity contribution in [2.24, 2.45) is 5.92 Å². The van der Waals surface area contributed by atoms with Gasteiger partial charge in [-0.25, -0.2) is 0 Å². The molecule has 4 nitrogen and oxygen atoms in total. The third kappa shape index (κ3) is 2.43. The van der Waals surface area contributed by atoms with E-state index in [1.54, 1.807) is 6.08 Å². The molecule has 108 valence electrons. The Balaban J connectivity index is 1.54. The van der Waals surface area contributed by atoms with Gasteiger partial charge in [-0.2, -0.15) is 0 Å². The van der Waals surface area contributed by atoms with Crippen molar-refractivity contribution in [3.8, 4) is 0 Å². The molecule has 0 saturated heterocycles. The summed E-state index contributed by atoms with van der Waals surface area (Å²) in [5.41, 5.74) is 0.108. The van der Waals surface area contributed by atoms with E-state index in [2.05, 4.69) is 5.32 Å². The molecular formula is C17H17NO3. The fourth-order valence-electron chi connectivity index (χ4n) is 2.67. The summed E-state index contributed by atoms with van der Waals surface area (Å²) in [7, 11) is 0. The van der Waals surface area contributed by atoms with Crippen LogP contribution in [0.3, 0.4) is 0 Å². The van der Waals surface area contributed by atoms with Crippen LogP contribution in [0, 0.1) is 5.92 Å². The summed E-state index contributed by atoms with van der Waals surface area (Å²) in [5.74, 6) is -0.331. The molecule has 0 fully saturated rings. The smallest absolute Gasteiger partial charge is 0.246 e. The molecule has 1 aromatic rings. The van der Waals surface area contributed by atoms with Crippen LogP contribution in [0.2, 0.25) is 0 Å². The number of carbonyl (C=O) groups excluding carboxylic acids is 2. The molecule has 3 atom stereocenters. The molecule has 4 heteroatoms. The van der Waals surface area contributed by atoms with Gasteiger partial charge in [-0.1, -0.05) is 42.5 Å². The summed E-state index contributed by atoms with van der Waals surface area (Å²) < 4.78 is 5.59. The minimum absolute atomic E-state index is 0.0238. The Morgan fingerprint density at radius 2 is 2.10 bits per heavy atom. The van der Waals surface area contributed by atoms with Crippen molar-refractivity contribution >= 4 is 11.7 Å². The number of benzene rings is 1. The highest BCUT2D eigenvalue weighted by Gasteiger charge is 2.50. The van der Waals surface area contributed by atoms with Gasteiger partial charge in [0, 0.05) is 5.92 Å². The number of hydrogen-bond acceptors (Lipinski definition) is 3. The van der Waals surface area contributed by atoms with Crippen molar-refractivity contribution in [2.45, 2.75) is 18.6 Å². The fraction of sp³-hybridized carbons (Fsp3) is 0.294. The van der Waals surface area contributed by atoms with Crippen LogP contribution in [0.5, 0.6) is 0 Å². The van der Waals surface area contributed by atoms with Crippen LogP contribution in [0.25, 0.3) is 0 Å². The van der Waals surface area contributed by atoms with Crippen LogP contribution in [-0.4, -0.2) is 23.9 Å². The van der Waals surface area contributed by atoms with E-state index in [4.69, 9.17) is 4.74 Å². The van der Waals surface area contributed by atoms with E-state index in [1.807, 2.05) is 49.4 Å². The second-order valence-electron chi connectivity index (χ2n) is 5.39. The van der Waals surface area contributed by atoms with E-state index in [-0.39, 0.29) is 30.3 Å². The van der Waals surface area contributed by atoms with E-state index in [0.717, 1.165) is 5.56 Å². The van der Waals surface area contributed by atoms with Crippen molar-refractivity contribution in [3.63, 3.8) is 0 Å². The van der Waals surface area contributed by atoms with Crippen LogP contribution in [0.15, 0.2) is 54.6 Å². The van der Waals surface area contributed by atoms with E-state index in [1.165, 1.54) is 6.08 Å². The summed E-state index contributed by atoms with van der Waals surface area (Å²) >= 11 is 0. The minimum atomic E-state index is -0.923. The number of rotatable bonds is 5. The second-order valence-corrected chi connectivity index (χ2v) is 5.39. The first-order valence-electron chi connectivity index (χ1n) is 7.02. The zero-order valence-corrected chi connectivity index (χ0v) is 11.8. The van der Waals surface area contributed by atoms with Crippen molar-refractivity contribution in [1.82, 2.24) is 5.32 Å². The third-order valence-electron chi connectivity index (χ3n) is 4.01. The first-order chi connectivity index (χ1) is 10.1. The Morgan fingerprint density at radius 1 is 1.33 bits per heavy atom. The second kappa shape index (κ2) is 5.30. The normalized spacial score (nSPS) is 27.1. The molecule has 2 aliphatic rings. The Morgan fingerprint density at radius 3 is 2.71 bits per heavy atom. The molecule has 0 aromatic heterocycles. The minimum Gasteiger partial charge on any atom is -0.352 e. The predicted octanol–water partition coefficient (Wildman–Crippen LogP) is 1.94. The molecule has 1 N–H and O–H groups in total. The number of ether oxygens (including phenoxy) is 1. The maximum Gasteiger partial charge on any atom is 0.246 e. The molecule has 0 saturated carbocycles. The van der Waals surface area contributed by atoms with E-state index < -0.39 is 5.60 Å². The Hall–Kier alpha value is -2.20. The topological polar surface area (TPSA) is 55.4 Å². The summed E-state index contributed by atoms with van der Waals surface area (Å²) in [6.45, 7) is 1.80. The lowest BCUT2D eigenvalue weighted by Crippen LogP contribution is -2.48. The van der Waals surface area contributed by atoms with Crippen molar-refractivity contribution in [1.29, 1.82) is 0 Å². The Bertz CT molecular complexity index is 620. The van der Waals surface area contributed by atoms with Crippen LogP contribution < -0.4 is 5.32 Å². The standard InChI is InChI=1S/C17H17NO3/c1-12(13-5-3-2-4-6-13)18-16(20)11-21-17-10-9-14(17)7-8-15(17)19/h2-10,12,14H,11H2,1H3,(H,18,20)/t12-,14?,17?/m1/s1. The fourth-order valence-corrected chi connectivity index (χ4v) is 2.67. The number of fused-ring (bicyclic) bond motifs is 1. The molecule has 21 heavy (non-hydrogen) atoms. The van der Waals surface area contributed by atoms with Crippen molar-refractivity contribution in [2.75, 3.05) is 6.61 Å². The monoisotopic (exact) mass is 283 g/mol. The van der Waals surface area contributed by atoms with Crippen molar-refractivity contribution < 1.29 is 14.3 Å². The molecule has 0 heterocycles. The van der Waals surface area contributed by atoms with Gasteiger partial charge < -0.3 is 10.1 Å². The van der Waals surface area contributed by atoms with E-state index in [0.29, 0.717) is 0 Å². The maximum absolute atomic E-state index is 12.0. The molecule has 2 aliphatic carbocycles. The van der Waals surface area contributed by atoms with Crippen molar-refractivity contribution in [3.05, 3.63) is 60.2 Å². The summed E-state index contributed by atoms with van der Waals surface area (Å²) in [4.78, 5) is 23.8. The molecule has 1 amide bonds. The van der Waals surface area contributed by atoms with Gasteiger partial charge in [-0.05, 0) is 24.6 Å². The SMILES string of the molecule is C[C@@H](NC(=O)COC12C=CC1C=CC2=O)c1ccccc1. The van der Waals surface area contributed by atoms with E-state index >= 15 is 0 Å². The highest BCUT2D eigenvalue weighted by Crippen LogP contribution is 2.40. The van der Waals surface area contributed by atoms with Gasteiger partial charge in [-0.3, -0.25) is 9.59 Å². The van der Waals surface area contributed by atoms with Crippen LogP contribution >= 0.6 is 0 Å². The number of nitrogens with one attached hydrogen (secondary N) is 1.